The third-order valence-electron chi connectivity index (χ3n) is 5.14. The Balaban J connectivity index is 1.54. The standard InChI is InChI=1S/C23H23F3N4O3S/c1-13(2)19-11-28-22(34-19)15-7-14(8-18(9-15)33-17-5-6-32-12-17)21(31)27-10-16-3-4-20(30-29-16)23(24,25)26/h3-4,7-9,11,13,17H,5-6,10,12H2,1-2H3,(H,27,31)/t17-/m1/s1. The summed E-state index contributed by atoms with van der Waals surface area (Å²) >= 11 is 1.55. The molecule has 0 saturated carbocycles. The van der Waals surface area contributed by atoms with E-state index in [1.165, 1.54) is 6.07 Å². The van der Waals surface area contributed by atoms with Gasteiger partial charge >= 0.3 is 6.18 Å². The molecule has 1 aliphatic rings. The van der Waals surface area contributed by atoms with Gasteiger partial charge in [-0.3, -0.25) is 4.79 Å². The number of amides is 1. The summed E-state index contributed by atoms with van der Waals surface area (Å²) < 4.78 is 49.4. The minimum atomic E-state index is -4.57. The van der Waals surface area contributed by atoms with Gasteiger partial charge in [0.2, 0.25) is 0 Å². The predicted molar refractivity (Wildman–Crippen MR) is 120 cm³/mol. The maximum absolute atomic E-state index is 12.9. The van der Waals surface area contributed by atoms with Crippen molar-refractivity contribution in [2.45, 2.75) is 45.0 Å². The molecule has 0 spiro atoms. The average molecular weight is 493 g/mol. The second-order valence-corrected chi connectivity index (χ2v) is 9.22. The highest BCUT2D eigenvalue weighted by molar-refractivity contribution is 7.15. The Hall–Kier alpha value is -3.05. The minimum absolute atomic E-state index is 0.0738. The highest BCUT2D eigenvalue weighted by atomic mass is 32.1. The van der Waals surface area contributed by atoms with Crippen LogP contribution in [0.5, 0.6) is 5.75 Å². The predicted octanol–water partition coefficient (Wildman–Crippen LogP) is 4.84. The van der Waals surface area contributed by atoms with E-state index in [1.54, 1.807) is 23.5 Å². The zero-order valence-electron chi connectivity index (χ0n) is 18.6. The summed E-state index contributed by atoms with van der Waals surface area (Å²) in [6, 6.07) is 7.21. The SMILES string of the molecule is CC(C)c1cnc(-c2cc(O[C@@H]3CCOC3)cc(C(=O)NCc3ccc(C(F)(F)F)nn3)c2)s1. The van der Waals surface area contributed by atoms with E-state index in [0.717, 1.165) is 27.9 Å². The molecule has 2 aromatic heterocycles. The van der Waals surface area contributed by atoms with Gasteiger partial charge in [0, 0.05) is 28.6 Å². The molecule has 4 rings (SSSR count). The lowest BCUT2D eigenvalue weighted by molar-refractivity contribution is -0.141. The lowest BCUT2D eigenvalue weighted by atomic mass is 10.1. The third-order valence-corrected chi connectivity index (χ3v) is 6.49. The first-order valence-electron chi connectivity index (χ1n) is 10.7. The van der Waals surface area contributed by atoms with E-state index in [9.17, 15) is 18.0 Å². The molecule has 3 aromatic rings. The molecule has 1 N–H and O–H groups in total. The van der Waals surface area contributed by atoms with Crippen molar-refractivity contribution < 1.29 is 27.4 Å². The highest BCUT2D eigenvalue weighted by Gasteiger charge is 2.32. The topological polar surface area (TPSA) is 86.2 Å². The Morgan fingerprint density at radius 3 is 2.71 bits per heavy atom. The minimum Gasteiger partial charge on any atom is -0.488 e. The number of hydrogen-bond acceptors (Lipinski definition) is 7. The van der Waals surface area contributed by atoms with Crippen LogP contribution in [0.25, 0.3) is 10.6 Å². The lowest BCUT2D eigenvalue weighted by Crippen LogP contribution is -2.24. The van der Waals surface area contributed by atoms with Gasteiger partial charge < -0.3 is 14.8 Å². The summed E-state index contributed by atoms with van der Waals surface area (Å²) in [5.41, 5.74) is 0.205. The Bertz CT molecular complexity index is 1140. The van der Waals surface area contributed by atoms with Crippen LogP contribution >= 0.6 is 11.3 Å². The van der Waals surface area contributed by atoms with E-state index in [0.29, 0.717) is 30.4 Å². The lowest BCUT2D eigenvalue weighted by Gasteiger charge is -2.14. The van der Waals surface area contributed by atoms with Crippen molar-refractivity contribution in [3.63, 3.8) is 0 Å². The summed E-state index contributed by atoms with van der Waals surface area (Å²) in [5, 5.41) is 10.2. The quantitative estimate of drug-likeness (QED) is 0.508. The van der Waals surface area contributed by atoms with E-state index in [-0.39, 0.29) is 18.3 Å². The van der Waals surface area contributed by atoms with Gasteiger partial charge in [-0.05, 0) is 36.2 Å². The van der Waals surface area contributed by atoms with Crippen LogP contribution in [0.3, 0.4) is 0 Å². The van der Waals surface area contributed by atoms with Crippen LogP contribution in [0, 0.1) is 0 Å². The van der Waals surface area contributed by atoms with Gasteiger partial charge in [-0.15, -0.1) is 16.4 Å². The number of nitrogens with zero attached hydrogens (tertiary/aromatic N) is 3. The zero-order chi connectivity index (χ0) is 24.3. The van der Waals surface area contributed by atoms with E-state index >= 15 is 0 Å². The first-order valence-corrected chi connectivity index (χ1v) is 11.5. The van der Waals surface area contributed by atoms with Crippen LogP contribution in [0.4, 0.5) is 13.2 Å². The maximum Gasteiger partial charge on any atom is 0.435 e. The molecule has 7 nitrogen and oxygen atoms in total. The first-order chi connectivity index (χ1) is 16.2. The molecule has 0 unspecified atom stereocenters. The van der Waals surface area contributed by atoms with Gasteiger partial charge in [0.05, 0.1) is 25.5 Å². The molecule has 1 atom stereocenters. The van der Waals surface area contributed by atoms with Crippen LogP contribution in [0.2, 0.25) is 0 Å². The van der Waals surface area contributed by atoms with Crippen molar-refractivity contribution in [2.24, 2.45) is 0 Å². The van der Waals surface area contributed by atoms with E-state index in [2.05, 4.69) is 34.3 Å². The van der Waals surface area contributed by atoms with E-state index < -0.39 is 17.8 Å². The number of hydrogen-bond donors (Lipinski definition) is 1. The van der Waals surface area contributed by atoms with Crippen molar-refractivity contribution in [1.29, 1.82) is 0 Å². The fourth-order valence-electron chi connectivity index (χ4n) is 3.29. The summed E-state index contributed by atoms with van der Waals surface area (Å²) in [4.78, 5) is 18.5. The fourth-order valence-corrected chi connectivity index (χ4v) is 4.19. The Morgan fingerprint density at radius 2 is 2.09 bits per heavy atom. The summed E-state index contributed by atoms with van der Waals surface area (Å²) in [7, 11) is 0. The number of carbonyl (C=O) groups is 1. The molecule has 11 heteroatoms. The van der Waals surface area contributed by atoms with E-state index in [1.807, 2.05) is 12.3 Å². The number of alkyl halides is 3. The van der Waals surface area contributed by atoms with Crippen LogP contribution in [0.15, 0.2) is 36.5 Å². The smallest absolute Gasteiger partial charge is 0.435 e. The summed E-state index contributed by atoms with van der Waals surface area (Å²) in [6.45, 7) is 5.19. The molecule has 180 valence electrons. The monoisotopic (exact) mass is 492 g/mol. The normalized spacial score (nSPS) is 16.1. The molecular formula is C23H23F3N4O3S. The van der Waals surface area contributed by atoms with Crippen molar-refractivity contribution in [3.8, 4) is 16.3 Å². The average Bonchev–Trinajstić information content (AvgIpc) is 3.49. The number of benzene rings is 1. The Labute approximate surface area is 198 Å². The van der Waals surface area contributed by atoms with Gasteiger partial charge in [-0.2, -0.15) is 18.3 Å². The molecule has 0 bridgehead atoms. The molecule has 34 heavy (non-hydrogen) atoms. The number of carbonyl (C=O) groups excluding carboxylic acids is 1. The first kappa shape index (κ1) is 24.1. The number of thiazole rings is 1. The van der Waals surface area contributed by atoms with Gasteiger partial charge in [0.15, 0.2) is 5.69 Å². The van der Waals surface area contributed by atoms with E-state index in [4.69, 9.17) is 9.47 Å². The van der Waals surface area contributed by atoms with Crippen molar-refractivity contribution in [2.75, 3.05) is 13.2 Å². The van der Waals surface area contributed by atoms with Gasteiger partial charge in [-0.25, -0.2) is 4.98 Å². The molecule has 1 aromatic carbocycles. The number of rotatable bonds is 7. The van der Waals surface area contributed by atoms with Crippen molar-refractivity contribution in [3.05, 3.63) is 58.4 Å². The largest absolute Gasteiger partial charge is 0.488 e. The number of halogens is 3. The van der Waals surface area contributed by atoms with Crippen LogP contribution in [-0.4, -0.2) is 40.4 Å². The molecular weight excluding hydrogens is 469 g/mol. The van der Waals surface area contributed by atoms with Gasteiger partial charge in [0.1, 0.15) is 16.9 Å². The Kier molecular flexibility index (Phi) is 7.13. The Morgan fingerprint density at radius 1 is 1.26 bits per heavy atom. The number of aromatic nitrogens is 3. The zero-order valence-corrected chi connectivity index (χ0v) is 19.4. The van der Waals surface area contributed by atoms with Crippen LogP contribution in [-0.2, 0) is 17.5 Å². The van der Waals surface area contributed by atoms with Gasteiger partial charge in [-0.1, -0.05) is 13.8 Å². The fraction of sp³-hybridized carbons (Fsp3) is 0.391. The molecule has 3 heterocycles. The summed E-state index contributed by atoms with van der Waals surface area (Å²) in [6.07, 6.45) is -2.09. The molecule has 0 radical (unpaired) electrons. The van der Waals surface area contributed by atoms with Crippen LogP contribution < -0.4 is 10.1 Å². The second-order valence-electron chi connectivity index (χ2n) is 8.16. The maximum atomic E-state index is 12.9. The highest BCUT2D eigenvalue weighted by Crippen LogP contribution is 2.33. The van der Waals surface area contributed by atoms with Crippen molar-refractivity contribution >= 4 is 17.2 Å². The molecule has 1 saturated heterocycles. The molecule has 1 fully saturated rings. The van der Waals surface area contributed by atoms with Gasteiger partial charge in [0.25, 0.3) is 5.91 Å². The molecule has 1 aliphatic heterocycles. The molecule has 0 aliphatic carbocycles. The van der Waals surface area contributed by atoms with Crippen LogP contribution in [0.1, 0.15) is 52.8 Å². The summed E-state index contributed by atoms with van der Waals surface area (Å²) in [5.74, 6) is 0.430. The second kappa shape index (κ2) is 10.1. The third kappa shape index (κ3) is 5.89. The van der Waals surface area contributed by atoms with Crippen molar-refractivity contribution in [1.82, 2.24) is 20.5 Å². The number of nitrogens with one attached hydrogen (secondary N) is 1. The molecule has 1 amide bonds. The number of ether oxygens (including phenoxy) is 2.